The second kappa shape index (κ2) is 8.16. The highest BCUT2D eigenvalue weighted by molar-refractivity contribution is 5.66. The molecule has 0 aromatic heterocycles. The van der Waals surface area contributed by atoms with Crippen LogP contribution in [-0.4, -0.2) is 18.2 Å². The lowest BCUT2D eigenvalue weighted by Crippen LogP contribution is -2.22. The zero-order valence-corrected chi connectivity index (χ0v) is 14.2. The molecule has 2 atom stereocenters. The summed E-state index contributed by atoms with van der Waals surface area (Å²) in [5, 5.41) is 8.84. The summed E-state index contributed by atoms with van der Waals surface area (Å²) in [4.78, 5) is 10.9. The van der Waals surface area contributed by atoms with E-state index in [2.05, 4.69) is 6.07 Å². The Labute approximate surface area is 142 Å². The highest BCUT2D eigenvalue weighted by Gasteiger charge is 2.12. The average molecular weight is 323 g/mol. The van der Waals surface area contributed by atoms with Gasteiger partial charge in [-0.15, -0.1) is 0 Å². The summed E-state index contributed by atoms with van der Waals surface area (Å²) in [6, 6.07) is 17.4. The fraction of sp³-hybridized carbons (Fsp3) is 0.300. The number of nitrogens with zero attached hydrogens (tertiary/aromatic N) is 1. The number of rotatable bonds is 6. The number of carbonyl (C=O) groups is 1. The summed E-state index contributed by atoms with van der Waals surface area (Å²) < 4.78 is 11.0. The van der Waals surface area contributed by atoms with Crippen LogP contribution >= 0.6 is 0 Å². The van der Waals surface area contributed by atoms with Crippen molar-refractivity contribution < 1.29 is 14.3 Å². The first-order chi connectivity index (χ1) is 11.5. The first-order valence-corrected chi connectivity index (χ1v) is 7.92. The molecule has 0 aliphatic heterocycles. The highest BCUT2D eigenvalue weighted by atomic mass is 16.5. The topological polar surface area (TPSA) is 59.3 Å². The van der Waals surface area contributed by atoms with E-state index in [-0.39, 0.29) is 18.2 Å². The summed E-state index contributed by atoms with van der Waals surface area (Å²) in [6.45, 7) is 5.22. The Bertz CT molecular complexity index is 714. The van der Waals surface area contributed by atoms with Crippen LogP contribution in [0.25, 0.3) is 11.1 Å². The summed E-state index contributed by atoms with van der Waals surface area (Å²) in [5.74, 6) is 0.497. The molecule has 4 nitrogen and oxygen atoms in total. The van der Waals surface area contributed by atoms with E-state index in [0.29, 0.717) is 12.0 Å². The number of benzene rings is 2. The molecule has 0 saturated heterocycles. The van der Waals surface area contributed by atoms with Crippen molar-refractivity contribution in [2.75, 3.05) is 0 Å². The molecule has 0 aliphatic carbocycles. The zero-order valence-electron chi connectivity index (χ0n) is 14.2. The van der Waals surface area contributed by atoms with Gasteiger partial charge in [0.2, 0.25) is 0 Å². The fourth-order valence-corrected chi connectivity index (χ4v) is 2.54. The number of carbonyl (C=O) groups excluding carboxylic acids is 1. The van der Waals surface area contributed by atoms with Gasteiger partial charge in [0.1, 0.15) is 11.9 Å². The third-order valence-corrected chi connectivity index (χ3v) is 3.57. The monoisotopic (exact) mass is 323 g/mol. The molecule has 0 N–H and O–H groups in total. The maximum absolute atomic E-state index is 10.9. The van der Waals surface area contributed by atoms with E-state index in [0.717, 1.165) is 16.9 Å². The molecule has 2 rings (SSSR count). The predicted molar refractivity (Wildman–Crippen MR) is 92.5 cm³/mol. The number of hydrogen-bond donors (Lipinski definition) is 0. The van der Waals surface area contributed by atoms with Crippen LogP contribution in [-0.2, 0) is 9.53 Å². The molecule has 0 aliphatic rings. The summed E-state index contributed by atoms with van der Waals surface area (Å²) in [6.07, 6.45) is 0.410. The van der Waals surface area contributed by atoms with Crippen LogP contribution < -0.4 is 4.74 Å². The smallest absolute Gasteiger partial charge is 0.302 e. The van der Waals surface area contributed by atoms with Crippen LogP contribution in [0.15, 0.2) is 48.5 Å². The van der Waals surface area contributed by atoms with Gasteiger partial charge in [-0.05, 0) is 49.2 Å². The first-order valence-electron chi connectivity index (χ1n) is 7.92. The molecule has 0 bridgehead atoms. The van der Waals surface area contributed by atoms with Crippen LogP contribution in [0.2, 0.25) is 0 Å². The van der Waals surface area contributed by atoms with Crippen LogP contribution in [0.4, 0.5) is 0 Å². The molecule has 0 fully saturated rings. The molecule has 0 unspecified atom stereocenters. The molecule has 4 heteroatoms. The molecule has 2 aromatic carbocycles. The van der Waals surface area contributed by atoms with Gasteiger partial charge < -0.3 is 9.47 Å². The highest BCUT2D eigenvalue weighted by Crippen LogP contribution is 2.23. The SMILES string of the molecule is CC(=O)O[C@@H](C)C[C@@H](C)Oc1ccc(-c2ccc(C#N)cc2)cc1. The maximum Gasteiger partial charge on any atom is 0.302 e. The van der Waals surface area contributed by atoms with Crippen molar-refractivity contribution in [2.24, 2.45) is 0 Å². The molecular weight excluding hydrogens is 302 g/mol. The van der Waals surface area contributed by atoms with Crippen molar-refractivity contribution >= 4 is 5.97 Å². The van der Waals surface area contributed by atoms with Crippen LogP contribution in [0.5, 0.6) is 5.75 Å². The Morgan fingerprint density at radius 1 is 1.00 bits per heavy atom. The van der Waals surface area contributed by atoms with Crippen molar-refractivity contribution in [2.45, 2.75) is 39.4 Å². The molecular formula is C20H21NO3. The van der Waals surface area contributed by atoms with E-state index in [4.69, 9.17) is 14.7 Å². The number of nitriles is 1. The molecule has 0 radical (unpaired) electrons. The third kappa shape index (κ3) is 5.13. The van der Waals surface area contributed by atoms with Gasteiger partial charge in [0.15, 0.2) is 0 Å². The fourth-order valence-electron chi connectivity index (χ4n) is 2.54. The van der Waals surface area contributed by atoms with Gasteiger partial charge in [0.05, 0.1) is 17.7 Å². The molecule has 124 valence electrons. The zero-order chi connectivity index (χ0) is 17.5. The van der Waals surface area contributed by atoms with E-state index in [1.807, 2.05) is 50.2 Å². The normalized spacial score (nSPS) is 12.8. The second-order valence-corrected chi connectivity index (χ2v) is 5.80. The van der Waals surface area contributed by atoms with Crippen molar-refractivity contribution in [3.63, 3.8) is 0 Å². The Hall–Kier alpha value is -2.80. The maximum atomic E-state index is 10.9. The summed E-state index contributed by atoms with van der Waals surface area (Å²) in [7, 11) is 0. The first kappa shape index (κ1) is 17.6. The van der Waals surface area contributed by atoms with Crippen molar-refractivity contribution in [3.05, 3.63) is 54.1 Å². The van der Waals surface area contributed by atoms with Gasteiger partial charge in [-0.2, -0.15) is 5.26 Å². The molecule has 2 aromatic rings. The average Bonchev–Trinajstić information content (AvgIpc) is 2.54. The van der Waals surface area contributed by atoms with Crippen LogP contribution in [0.3, 0.4) is 0 Å². The van der Waals surface area contributed by atoms with Crippen LogP contribution in [0.1, 0.15) is 32.8 Å². The van der Waals surface area contributed by atoms with Crippen LogP contribution in [0, 0.1) is 11.3 Å². The Kier molecular flexibility index (Phi) is 5.97. The predicted octanol–water partition coefficient (Wildman–Crippen LogP) is 4.33. The quantitative estimate of drug-likeness (QED) is 0.742. The van der Waals surface area contributed by atoms with Crippen molar-refractivity contribution in [3.8, 4) is 22.9 Å². The summed E-state index contributed by atoms with van der Waals surface area (Å²) >= 11 is 0. The Morgan fingerprint density at radius 3 is 2.04 bits per heavy atom. The minimum atomic E-state index is -0.276. The van der Waals surface area contributed by atoms with Gasteiger partial charge in [-0.3, -0.25) is 4.79 Å². The van der Waals surface area contributed by atoms with Gasteiger partial charge >= 0.3 is 5.97 Å². The number of ether oxygens (including phenoxy) is 2. The van der Waals surface area contributed by atoms with Gasteiger partial charge in [-0.1, -0.05) is 24.3 Å². The van der Waals surface area contributed by atoms with Crippen molar-refractivity contribution in [1.82, 2.24) is 0 Å². The minimum absolute atomic E-state index is 0.0555. The number of esters is 1. The van der Waals surface area contributed by atoms with E-state index in [1.54, 1.807) is 12.1 Å². The third-order valence-electron chi connectivity index (χ3n) is 3.57. The molecule has 24 heavy (non-hydrogen) atoms. The molecule has 0 amide bonds. The summed E-state index contributed by atoms with van der Waals surface area (Å²) in [5.41, 5.74) is 2.76. The molecule has 0 heterocycles. The largest absolute Gasteiger partial charge is 0.491 e. The number of hydrogen-bond acceptors (Lipinski definition) is 4. The molecule has 0 spiro atoms. The lowest BCUT2D eigenvalue weighted by atomic mass is 10.0. The van der Waals surface area contributed by atoms with Gasteiger partial charge in [0.25, 0.3) is 0 Å². The van der Waals surface area contributed by atoms with E-state index in [9.17, 15) is 4.79 Å². The van der Waals surface area contributed by atoms with Crippen molar-refractivity contribution in [1.29, 1.82) is 5.26 Å². The standard InChI is InChI=1S/C20H21NO3/c1-14(23-16(3)22)12-15(2)24-20-10-8-19(9-11-20)18-6-4-17(13-21)5-7-18/h4-11,14-15H,12H2,1-3H3/t14-,15+/m0/s1. The van der Waals surface area contributed by atoms with E-state index >= 15 is 0 Å². The van der Waals surface area contributed by atoms with E-state index in [1.165, 1.54) is 6.92 Å². The van der Waals surface area contributed by atoms with E-state index < -0.39 is 0 Å². The van der Waals surface area contributed by atoms with Gasteiger partial charge in [-0.25, -0.2) is 0 Å². The lowest BCUT2D eigenvalue weighted by molar-refractivity contribution is -0.146. The minimum Gasteiger partial charge on any atom is -0.491 e. The lowest BCUT2D eigenvalue weighted by Gasteiger charge is -2.19. The molecule has 0 saturated carbocycles. The second-order valence-electron chi connectivity index (χ2n) is 5.80. The Balaban J connectivity index is 1.96. The van der Waals surface area contributed by atoms with Gasteiger partial charge in [0, 0.05) is 13.3 Å². The Morgan fingerprint density at radius 2 is 1.54 bits per heavy atom.